The second kappa shape index (κ2) is 5.36. The first-order valence-electron chi connectivity index (χ1n) is 9.71. The Labute approximate surface area is 147 Å². The first-order valence-corrected chi connectivity index (χ1v) is 9.71. The van der Waals surface area contributed by atoms with Gasteiger partial charge in [0.15, 0.2) is 0 Å². The van der Waals surface area contributed by atoms with Crippen LogP contribution in [0.15, 0.2) is 0 Å². The van der Waals surface area contributed by atoms with Crippen LogP contribution in [0.25, 0.3) is 0 Å². The Hall–Kier alpha value is -0.770. The van der Waals surface area contributed by atoms with E-state index >= 15 is 0 Å². The van der Waals surface area contributed by atoms with Crippen LogP contribution in [-0.2, 0) is 0 Å². The van der Waals surface area contributed by atoms with Crippen LogP contribution in [0.5, 0.6) is 0 Å². The van der Waals surface area contributed by atoms with Crippen molar-refractivity contribution in [3.63, 3.8) is 0 Å². The Morgan fingerprint density at radius 1 is 0.958 bits per heavy atom. The van der Waals surface area contributed by atoms with Gasteiger partial charge in [0.05, 0.1) is 0 Å². The molecule has 0 aromatic heterocycles. The number of fused-ring (bicyclic) bond motifs is 2. The first kappa shape index (κ1) is 18.0. The largest absolute Gasteiger partial charge is 0.335 e. The highest BCUT2D eigenvalue weighted by Gasteiger charge is 2.61. The van der Waals surface area contributed by atoms with E-state index in [1.807, 2.05) is 0 Å². The molecule has 24 heavy (non-hydrogen) atoms. The molecule has 3 unspecified atom stereocenters. The van der Waals surface area contributed by atoms with Gasteiger partial charge in [0, 0.05) is 23.2 Å². The number of nitrogens with one attached hydrogen (secondary N) is 3. The van der Waals surface area contributed by atoms with Gasteiger partial charge in [-0.05, 0) is 76.5 Å². The Kier molecular flexibility index (Phi) is 4.03. The molecule has 1 aliphatic heterocycles. The highest BCUT2D eigenvalue weighted by atomic mass is 16.2. The van der Waals surface area contributed by atoms with Crippen molar-refractivity contribution < 1.29 is 4.79 Å². The van der Waals surface area contributed by atoms with Crippen molar-refractivity contribution in [2.75, 3.05) is 0 Å². The lowest BCUT2D eigenvalue weighted by Crippen LogP contribution is -2.63. The smallest absolute Gasteiger partial charge is 0.315 e. The van der Waals surface area contributed by atoms with Crippen LogP contribution in [0.3, 0.4) is 0 Å². The summed E-state index contributed by atoms with van der Waals surface area (Å²) in [6, 6.07) is 0.577. The lowest BCUT2D eigenvalue weighted by molar-refractivity contribution is 0.119. The minimum Gasteiger partial charge on any atom is -0.335 e. The van der Waals surface area contributed by atoms with Crippen LogP contribution >= 0.6 is 0 Å². The monoisotopic (exact) mass is 335 g/mol. The van der Waals surface area contributed by atoms with Gasteiger partial charge in [-0.1, -0.05) is 20.8 Å². The van der Waals surface area contributed by atoms with E-state index in [0.29, 0.717) is 11.5 Å². The van der Waals surface area contributed by atoms with Crippen molar-refractivity contribution in [2.24, 2.45) is 16.7 Å². The number of piperidine rings is 1. The molecule has 1 saturated heterocycles. The van der Waals surface area contributed by atoms with E-state index in [0.717, 1.165) is 25.2 Å². The summed E-state index contributed by atoms with van der Waals surface area (Å²) in [6.07, 6.45) is 5.64. The van der Waals surface area contributed by atoms with Gasteiger partial charge in [-0.2, -0.15) is 0 Å². The van der Waals surface area contributed by atoms with Crippen LogP contribution in [0.2, 0.25) is 0 Å². The van der Waals surface area contributed by atoms with Gasteiger partial charge >= 0.3 is 6.03 Å². The summed E-state index contributed by atoms with van der Waals surface area (Å²) < 4.78 is 0. The van der Waals surface area contributed by atoms with Crippen molar-refractivity contribution >= 4 is 6.03 Å². The predicted octanol–water partition coefficient (Wildman–Crippen LogP) is 3.81. The molecule has 2 aliphatic carbocycles. The van der Waals surface area contributed by atoms with E-state index in [-0.39, 0.29) is 28.6 Å². The molecule has 0 spiro atoms. The first-order chi connectivity index (χ1) is 10.8. The normalized spacial score (nSPS) is 39.6. The van der Waals surface area contributed by atoms with Crippen LogP contribution in [0, 0.1) is 16.7 Å². The summed E-state index contributed by atoms with van der Waals surface area (Å²) in [6.45, 7) is 16.0. The molecule has 3 fully saturated rings. The summed E-state index contributed by atoms with van der Waals surface area (Å²) in [7, 11) is 0. The number of rotatable bonds is 2. The Morgan fingerprint density at radius 2 is 1.54 bits per heavy atom. The Morgan fingerprint density at radius 3 is 2.00 bits per heavy atom. The van der Waals surface area contributed by atoms with Crippen molar-refractivity contribution in [3.05, 3.63) is 0 Å². The van der Waals surface area contributed by atoms with E-state index in [2.05, 4.69) is 64.4 Å². The Balaban J connectivity index is 1.61. The molecule has 0 aromatic rings. The molecule has 3 atom stereocenters. The van der Waals surface area contributed by atoms with Gasteiger partial charge in [0.1, 0.15) is 0 Å². The molecule has 3 N–H and O–H groups in total. The van der Waals surface area contributed by atoms with Crippen molar-refractivity contribution in [1.82, 2.24) is 16.0 Å². The van der Waals surface area contributed by atoms with E-state index in [9.17, 15) is 4.79 Å². The average molecular weight is 336 g/mol. The standard InChI is InChI=1S/C20H37N3O/c1-17(2)11-14(12-18(3,4)23-17)21-16(24)22-15-10-13-8-9-20(15,7)19(13,5)6/h13-15,23H,8-12H2,1-7H3,(H2,21,22,24). The zero-order chi connectivity index (χ0) is 18.0. The zero-order valence-electron chi connectivity index (χ0n) is 16.7. The summed E-state index contributed by atoms with van der Waals surface area (Å²) in [5, 5.41) is 10.3. The molecule has 0 aromatic carbocycles. The van der Waals surface area contributed by atoms with Gasteiger partial charge in [-0.25, -0.2) is 4.79 Å². The lowest BCUT2D eigenvalue weighted by atomic mass is 9.69. The van der Waals surface area contributed by atoms with Gasteiger partial charge in [0.25, 0.3) is 0 Å². The second-order valence-electron chi connectivity index (χ2n) is 10.8. The molecular formula is C20H37N3O. The fraction of sp³-hybridized carbons (Fsp3) is 0.950. The number of urea groups is 1. The van der Waals surface area contributed by atoms with Crippen LogP contribution in [0.1, 0.15) is 80.6 Å². The molecule has 4 heteroatoms. The molecule has 4 nitrogen and oxygen atoms in total. The van der Waals surface area contributed by atoms with Gasteiger partial charge in [0.2, 0.25) is 0 Å². The average Bonchev–Trinajstić information content (AvgIpc) is 2.67. The third-order valence-electron chi connectivity index (χ3n) is 7.62. The van der Waals surface area contributed by atoms with Crippen LogP contribution in [-0.4, -0.2) is 29.2 Å². The maximum atomic E-state index is 12.7. The molecule has 2 saturated carbocycles. The fourth-order valence-corrected chi connectivity index (χ4v) is 6.23. The highest BCUT2D eigenvalue weighted by molar-refractivity contribution is 5.75. The maximum absolute atomic E-state index is 12.7. The van der Waals surface area contributed by atoms with Crippen molar-refractivity contribution in [3.8, 4) is 0 Å². The molecule has 3 aliphatic rings. The number of carbonyl (C=O) groups is 1. The topological polar surface area (TPSA) is 53.2 Å². The summed E-state index contributed by atoms with van der Waals surface area (Å²) in [5.41, 5.74) is 0.686. The number of hydrogen-bond acceptors (Lipinski definition) is 2. The molecule has 3 rings (SSSR count). The Bertz CT molecular complexity index is 509. The van der Waals surface area contributed by atoms with Gasteiger partial charge in [-0.3, -0.25) is 0 Å². The van der Waals surface area contributed by atoms with E-state index < -0.39 is 0 Å². The highest BCUT2D eigenvalue weighted by Crippen LogP contribution is 2.65. The van der Waals surface area contributed by atoms with E-state index in [1.54, 1.807) is 0 Å². The summed E-state index contributed by atoms with van der Waals surface area (Å²) in [4.78, 5) is 12.7. The minimum atomic E-state index is 0.0306. The van der Waals surface area contributed by atoms with Crippen molar-refractivity contribution in [2.45, 2.75) is 104 Å². The molecule has 1 heterocycles. The van der Waals surface area contributed by atoms with E-state index in [1.165, 1.54) is 12.8 Å². The van der Waals surface area contributed by atoms with Crippen LogP contribution < -0.4 is 16.0 Å². The quantitative estimate of drug-likeness (QED) is 0.719. The third-order valence-corrected chi connectivity index (χ3v) is 7.62. The SMILES string of the molecule is CC1(C)CC(NC(=O)NC2CC3CCC2(C)C3(C)C)CC(C)(C)N1. The predicted molar refractivity (Wildman–Crippen MR) is 99.0 cm³/mol. The number of amides is 2. The molecule has 0 radical (unpaired) electrons. The fourth-order valence-electron chi connectivity index (χ4n) is 6.23. The third kappa shape index (κ3) is 2.95. The van der Waals surface area contributed by atoms with Gasteiger partial charge in [-0.15, -0.1) is 0 Å². The minimum absolute atomic E-state index is 0.0306. The molecule has 2 amide bonds. The molecule has 2 bridgehead atoms. The molecule has 138 valence electrons. The second-order valence-corrected chi connectivity index (χ2v) is 10.8. The van der Waals surface area contributed by atoms with Gasteiger partial charge < -0.3 is 16.0 Å². The summed E-state index contributed by atoms with van der Waals surface area (Å²) in [5.74, 6) is 0.754. The molecular weight excluding hydrogens is 298 g/mol. The number of hydrogen-bond donors (Lipinski definition) is 3. The zero-order valence-corrected chi connectivity index (χ0v) is 16.7. The summed E-state index contributed by atoms with van der Waals surface area (Å²) >= 11 is 0. The lowest BCUT2D eigenvalue weighted by Gasteiger charge is -2.46. The van der Waals surface area contributed by atoms with Crippen molar-refractivity contribution in [1.29, 1.82) is 0 Å². The maximum Gasteiger partial charge on any atom is 0.315 e. The van der Waals surface area contributed by atoms with E-state index in [4.69, 9.17) is 0 Å². The van der Waals surface area contributed by atoms with Crippen LogP contribution in [0.4, 0.5) is 4.79 Å². The number of carbonyl (C=O) groups excluding carboxylic acids is 1.